The van der Waals surface area contributed by atoms with Crippen molar-refractivity contribution >= 4 is 29.0 Å². The van der Waals surface area contributed by atoms with Gasteiger partial charge in [0, 0.05) is 31.0 Å². The first-order chi connectivity index (χ1) is 15.8. The summed E-state index contributed by atoms with van der Waals surface area (Å²) in [5, 5.41) is 11.9. The summed E-state index contributed by atoms with van der Waals surface area (Å²) in [5.41, 5.74) is 3.69. The Morgan fingerprint density at radius 1 is 0.969 bits per heavy atom. The number of benzene rings is 2. The van der Waals surface area contributed by atoms with E-state index >= 15 is 0 Å². The van der Waals surface area contributed by atoms with Gasteiger partial charge < -0.3 is 4.90 Å². The van der Waals surface area contributed by atoms with Gasteiger partial charge >= 0.3 is 0 Å². The molecule has 32 heavy (non-hydrogen) atoms. The lowest BCUT2D eigenvalue weighted by atomic mass is 10.00. The van der Waals surface area contributed by atoms with Crippen molar-refractivity contribution in [2.24, 2.45) is 0 Å². The van der Waals surface area contributed by atoms with Gasteiger partial charge in [-0.1, -0.05) is 60.3 Å². The Morgan fingerprint density at radius 2 is 1.78 bits per heavy atom. The molecule has 2 aromatic carbocycles. The van der Waals surface area contributed by atoms with Crippen LogP contribution in [0.4, 0.5) is 0 Å². The fourth-order valence-electron chi connectivity index (χ4n) is 3.99. The second kappa shape index (κ2) is 9.71. The number of para-hydroxylation sites is 1. The Bertz CT molecular complexity index is 1190. The zero-order valence-corrected chi connectivity index (χ0v) is 19.3. The summed E-state index contributed by atoms with van der Waals surface area (Å²) in [6.07, 6.45) is 2.33. The fraction of sp³-hybridized carbons (Fsp3) is 0.240. The van der Waals surface area contributed by atoms with E-state index in [1.165, 1.54) is 11.1 Å². The van der Waals surface area contributed by atoms with Crippen LogP contribution in [0.15, 0.2) is 77.3 Å². The van der Waals surface area contributed by atoms with Gasteiger partial charge in [0.2, 0.25) is 5.91 Å². The van der Waals surface area contributed by atoms with Crippen LogP contribution in [0.5, 0.6) is 0 Å². The molecule has 0 unspecified atom stereocenters. The van der Waals surface area contributed by atoms with E-state index in [-0.39, 0.29) is 5.91 Å². The highest BCUT2D eigenvalue weighted by Gasteiger charge is 2.20. The fourth-order valence-corrected chi connectivity index (χ4v) is 5.58. The predicted molar refractivity (Wildman–Crippen MR) is 130 cm³/mol. The molecule has 5 nitrogen and oxygen atoms in total. The average molecular weight is 461 g/mol. The van der Waals surface area contributed by atoms with Crippen molar-refractivity contribution in [3.05, 3.63) is 83.2 Å². The zero-order chi connectivity index (χ0) is 21.8. The van der Waals surface area contributed by atoms with Crippen LogP contribution in [0.2, 0.25) is 0 Å². The third-order valence-electron chi connectivity index (χ3n) is 5.64. The molecule has 0 fully saturated rings. The maximum absolute atomic E-state index is 12.8. The van der Waals surface area contributed by atoms with Crippen LogP contribution in [0, 0.1) is 0 Å². The molecule has 0 bridgehead atoms. The van der Waals surface area contributed by atoms with Crippen molar-refractivity contribution in [2.75, 3.05) is 12.3 Å². The second-order valence-electron chi connectivity index (χ2n) is 7.74. The van der Waals surface area contributed by atoms with Gasteiger partial charge in [0.05, 0.1) is 4.88 Å². The van der Waals surface area contributed by atoms with E-state index in [1.807, 2.05) is 29.2 Å². The summed E-state index contributed by atoms with van der Waals surface area (Å²) in [5.74, 6) is 1.92. The molecule has 0 aliphatic carbocycles. The normalized spacial score (nSPS) is 13.2. The predicted octanol–water partition coefficient (Wildman–Crippen LogP) is 5.45. The topological polar surface area (TPSA) is 51.0 Å². The number of hydrogen-bond donors (Lipinski definition) is 0. The molecular weight excluding hydrogens is 436 g/mol. The molecule has 5 rings (SSSR count). The summed E-state index contributed by atoms with van der Waals surface area (Å²) in [7, 11) is 0. The minimum atomic E-state index is 0.240. The molecule has 0 N–H and O–H groups in total. The van der Waals surface area contributed by atoms with E-state index in [0.717, 1.165) is 53.2 Å². The molecular formula is C25H24N4OS2. The number of thioether (sulfide) groups is 1. The molecule has 0 spiro atoms. The van der Waals surface area contributed by atoms with Crippen LogP contribution in [-0.2, 0) is 17.8 Å². The summed E-state index contributed by atoms with van der Waals surface area (Å²) in [4.78, 5) is 15.8. The summed E-state index contributed by atoms with van der Waals surface area (Å²) < 4.78 is 2.11. The molecule has 1 amide bonds. The average Bonchev–Trinajstić information content (AvgIpc) is 3.52. The molecule has 1 aliphatic rings. The number of aromatic nitrogens is 3. The van der Waals surface area contributed by atoms with Gasteiger partial charge in [-0.05, 0) is 47.5 Å². The Hall–Kier alpha value is -2.90. The first kappa shape index (κ1) is 21.0. The van der Waals surface area contributed by atoms with Crippen LogP contribution in [-0.4, -0.2) is 37.9 Å². The van der Waals surface area contributed by atoms with Gasteiger partial charge in [0.1, 0.15) is 0 Å². The minimum absolute atomic E-state index is 0.240. The number of hydrogen-bond acceptors (Lipinski definition) is 5. The third kappa shape index (κ3) is 4.49. The summed E-state index contributed by atoms with van der Waals surface area (Å²) in [6.45, 7) is 1.55. The highest BCUT2D eigenvalue weighted by Crippen LogP contribution is 2.30. The van der Waals surface area contributed by atoms with Crippen molar-refractivity contribution < 1.29 is 4.79 Å². The van der Waals surface area contributed by atoms with Crippen molar-refractivity contribution in [3.8, 4) is 16.4 Å². The highest BCUT2D eigenvalue weighted by molar-refractivity contribution is 7.99. The van der Waals surface area contributed by atoms with Gasteiger partial charge in [-0.25, -0.2) is 0 Å². The van der Waals surface area contributed by atoms with Gasteiger partial charge in [-0.3, -0.25) is 9.36 Å². The molecule has 1 aliphatic heterocycles. The van der Waals surface area contributed by atoms with Gasteiger partial charge in [-0.15, -0.1) is 21.5 Å². The lowest BCUT2D eigenvalue weighted by molar-refractivity contribution is -0.132. The van der Waals surface area contributed by atoms with E-state index in [4.69, 9.17) is 0 Å². The largest absolute Gasteiger partial charge is 0.338 e. The minimum Gasteiger partial charge on any atom is -0.338 e. The molecule has 0 saturated carbocycles. The molecule has 162 valence electrons. The number of rotatable bonds is 7. The maximum atomic E-state index is 12.8. The van der Waals surface area contributed by atoms with E-state index < -0.39 is 0 Å². The first-order valence-electron chi connectivity index (χ1n) is 10.8. The lowest BCUT2D eigenvalue weighted by Gasteiger charge is -2.29. The number of thiophene rings is 1. The van der Waals surface area contributed by atoms with Gasteiger partial charge in [0.15, 0.2) is 11.0 Å². The standard InChI is InChI=1S/C25H24N4OS2/c30-23(28-15-14-19-8-4-5-9-20(19)18-28)13-7-17-32-25-27-26-24(22-12-6-16-31-22)29(25)21-10-2-1-3-11-21/h1-6,8-12,16H,7,13-15,17-18H2. The molecule has 0 saturated heterocycles. The molecule has 0 atom stereocenters. The van der Waals surface area contributed by atoms with E-state index in [2.05, 4.69) is 62.6 Å². The third-order valence-corrected chi connectivity index (χ3v) is 7.52. The van der Waals surface area contributed by atoms with Gasteiger partial charge in [0.25, 0.3) is 0 Å². The van der Waals surface area contributed by atoms with Crippen LogP contribution >= 0.6 is 23.1 Å². The molecule has 3 heterocycles. The number of fused-ring (bicyclic) bond motifs is 1. The number of carbonyl (C=O) groups is 1. The molecule has 2 aromatic heterocycles. The second-order valence-corrected chi connectivity index (χ2v) is 9.75. The van der Waals surface area contributed by atoms with Crippen molar-refractivity contribution in [1.82, 2.24) is 19.7 Å². The van der Waals surface area contributed by atoms with Crippen LogP contribution in [0.3, 0.4) is 0 Å². The van der Waals surface area contributed by atoms with Crippen molar-refractivity contribution in [3.63, 3.8) is 0 Å². The smallest absolute Gasteiger partial charge is 0.222 e. The van der Waals surface area contributed by atoms with Crippen LogP contribution < -0.4 is 0 Å². The Morgan fingerprint density at radius 3 is 2.59 bits per heavy atom. The Balaban J connectivity index is 1.22. The van der Waals surface area contributed by atoms with Crippen LogP contribution in [0.1, 0.15) is 24.0 Å². The summed E-state index contributed by atoms with van der Waals surface area (Å²) >= 11 is 3.32. The number of carbonyl (C=O) groups excluding carboxylic acids is 1. The maximum Gasteiger partial charge on any atom is 0.222 e. The number of amides is 1. The van der Waals surface area contributed by atoms with E-state index in [0.29, 0.717) is 6.42 Å². The monoisotopic (exact) mass is 460 g/mol. The number of nitrogens with zero attached hydrogens (tertiary/aromatic N) is 4. The Kier molecular flexibility index (Phi) is 6.36. The molecule has 4 aromatic rings. The summed E-state index contributed by atoms with van der Waals surface area (Å²) in [6, 6.07) is 22.7. The SMILES string of the molecule is O=C(CCCSc1nnc(-c2cccs2)n1-c1ccccc1)N1CCc2ccccc2C1. The van der Waals surface area contributed by atoms with Crippen molar-refractivity contribution in [2.45, 2.75) is 31.0 Å². The highest BCUT2D eigenvalue weighted by atomic mass is 32.2. The molecule has 7 heteroatoms. The zero-order valence-electron chi connectivity index (χ0n) is 17.7. The van der Waals surface area contributed by atoms with Crippen LogP contribution in [0.25, 0.3) is 16.4 Å². The Labute approximate surface area is 196 Å². The quantitative estimate of drug-likeness (QED) is 0.272. The van der Waals surface area contributed by atoms with E-state index in [1.54, 1.807) is 23.1 Å². The van der Waals surface area contributed by atoms with Gasteiger partial charge in [-0.2, -0.15) is 0 Å². The first-order valence-corrected chi connectivity index (χ1v) is 12.7. The lowest BCUT2D eigenvalue weighted by Crippen LogP contribution is -2.35. The van der Waals surface area contributed by atoms with Crippen molar-refractivity contribution in [1.29, 1.82) is 0 Å². The van der Waals surface area contributed by atoms with E-state index in [9.17, 15) is 4.79 Å². The molecule has 0 radical (unpaired) electrons.